The van der Waals surface area contributed by atoms with E-state index in [2.05, 4.69) is 36.5 Å². The van der Waals surface area contributed by atoms with Crippen LogP contribution in [0.25, 0.3) is 0 Å². The lowest BCUT2D eigenvalue weighted by atomic mass is 9.93. The van der Waals surface area contributed by atoms with Gasteiger partial charge in [0.15, 0.2) is 0 Å². The van der Waals surface area contributed by atoms with Crippen LogP contribution < -0.4 is 5.32 Å². The van der Waals surface area contributed by atoms with Gasteiger partial charge in [-0.2, -0.15) is 0 Å². The Labute approximate surface area is 138 Å². The van der Waals surface area contributed by atoms with Gasteiger partial charge >= 0.3 is 0 Å². The molecule has 0 fully saturated rings. The number of aromatic nitrogens is 1. The summed E-state index contributed by atoms with van der Waals surface area (Å²) in [6.45, 7) is 7.05. The first kappa shape index (κ1) is 15.9. The van der Waals surface area contributed by atoms with Crippen LogP contribution in [0.1, 0.15) is 31.5 Å². The molecule has 1 N–H and O–H groups in total. The van der Waals surface area contributed by atoms with Crippen LogP contribution in [0.5, 0.6) is 0 Å². The number of thiazole rings is 1. The Bertz CT molecular complexity index is 617. The van der Waals surface area contributed by atoms with Gasteiger partial charge in [0, 0.05) is 10.8 Å². The summed E-state index contributed by atoms with van der Waals surface area (Å²) in [6, 6.07) is 3.36. The van der Waals surface area contributed by atoms with Gasteiger partial charge < -0.3 is 5.32 Å². The fourth-order valence-electron chi connectivity index (χ4n) is 1.57. The topological polar surface area (TPSA) is 24.9 Å². The quantitative estimate of drug-likeness (QED) is 0.686. The third-order valence-electron chi connectivity index (χ3n) is 2.76. The SMILES string of the molecule is CC(C)(C)c1csc(CNc2cc(Cl)c(Cl)cc2Cl)n1. The summed E-state index contributed by atoms with van der Waals surface area (Å²) in [4.78, 5) is 4.62. The molecule has 0 aliphatic rings. The first-order valence-electron chi connectivity index (χ1n) is 6.10. The highest BCUT2D eigenvalue weighted by atomic mass is 35.5. The maximum absolute atomic E-state index is 6.12. The molecule has 0 unspecified atom stereocenters. The lowest BCUT2D eigenvalue weighted by Crippen LogP contribution is -2.11. The highest BCUT2D eigenvalue weighted by molar-refractivity contribution is 7.09. The number of rotatable bonds is 3. The second kappa shape index (κ2) is 6.10. The zero-order valence-corrected chi connectivity index (χ0v) is 14.5. The Morgan fingerprint density at radius 2 is 1.75 bits per heavy atom. The van der Waals surface area contributed by atoms with Gasteiger partial charge in [-0.15, -0.1) is 11.3 Å². The molecular formula is C14H15Cl3N2S. The minimum atomic E-state index is 0.0655. The minimum absolute atomic E-state index is 0.0655. The summed E-state index contributed by atoms with van der Waals surface area (Å²) in [5, 5.41) is 7.82. The van der Waals surface area contributed by atoms with Crippen molar-refractivity contribution >= 4 is 51.8 Å². The molecule has 0 aliphatic carbocycles. The van der Waals surface area contributed by atoms with Gasteiger partial charge in [-0.25, -0.2) is 4.98 Å². The molecule has 1 heterocycles. The van der Waals surface area contributed by atoms with Crippen molar-refractivity contribution in [3.8, 4) is 0 Å². The summed E-state index contributed by atoms with van der Waals surface area (Å²) in [5.74, 6) is 0. The predicted molar refractivity (Wildman–Crippen MR) is 89.6 cm³/mol. The van der Waals surface area contributed by atoms with Crippen LogP contribution in [0.2, 0.25) is 15.1 Å². The van der Waals surface area contributed by atoms with Gasteiger partial charge in [-0.1, -0.05) is 55.6 Å². The lowest BCUT2D eigenvalue weighted by Gasteiger charge is -2.14. The molecule has 108 valence electrons. The van der Waals surface area contributed by atoms with Crippen molar-refractivity contribution in [3.05, 3.63) is 43.3 Å². The number of hydrogen-bond acceptors (Lipinski definition) is 3. The summed E-state index contributed by atoms with van der Waals surface area (Å²) < 4.78 is 0. The first-order chi connectivity index (χ1) is 9.27. The van der Waals surface area contributed by atoms with Crippen LogP contribution in [0.3, 0.4) is 0 Å². The van der Waals surface area contributed by atoms with Gasteiger partial charge in [-0.3, -0.25) is 0 Å². The monoisotopic (exact) mass is 348 g/mol. The third-order valence-corrected chi connectivity index (χ3v) is 4.64. The molecule has 0 atom stereocenters. The fourth-order valence-corrected chi connectivity index (χ4v) is 3.14. The van der Waals surface area contributed by atoms with E-state index >= 15 is 0 Å². The second-order valence-electron chi connectivity index (χ2n) is 5.48. The van der Waals surface area contributed by atoms with Crippen LogP contribution >= 0.6 is 46.1 Å². The molecule has 2 nitrogen and oxygen atoms in total. The number of anilines is 1. The Balaban J connectivity index is 2.09. The van der Waals surface area contributed by atoms with E-state index in [4.69, 9.17) is 34.8 Å². The van der Waals surface area contributed by atoms with Gasteiger partial charge in [-0.05, 0) is 12.1 Å². The minimum Gasteiger partial charge on any atom is -0.377 e. The lowest BCUT2D eigenvalue weighted by molar-refractivity contribution is 0.571. The standard InChI is InChI=1S/C14H15Cl3N2S/c1-14(2,3)12-7-20-13(19-12)6-18-11-5-9(16)8(15)4-10(11)17/h4-5,7,18H,6H2,1-3H3. The zero-order chi connectivity index (χ0) is 14.9. The van der Waals surface area contributed by atoms with E-state index in [1.54, 1.807) is 23.5 Å². The maximum atomic E-state index is 6.12. The first-order valence-corrected chi connectivity index (χ1v) is 8.12. The summed E-state index contributed by atoms with van der Waals surface area (Å²) in [7, 11) is 0. The molecule has 1 aromatic carbocycles. The van der Waals surface area contributed by atoms with E-state index < -0.39 is 0 Å². The number of hydrogen-bond donors (Lipinski definition) is 1. The average molecular weight is 350 g/mol. The van der Waals surface area contributed by atoms with E-state index in [0.717, 1.165) is 16.4 Å². The normalized spacial score (nSPS) is 11.7. The average Bonchev–Trinajstić information content (AvgIpc) is 2.80. The maximum Gasteiger partial charge on any atom is 0.112 e. The van der Waals surface area contributed by atoms with Crippen LogP contribution in [-0.2, 0) is 12.0 Å². The number of nitrogens with one attached hydrogen (secondary N) is 1. The smallest absolute Gasteiger partial charge is 0.112 e. The van der Waals surface area contributed by atoms with Crippen molar-refractivity contribution in [2.75, 3.05) is 5.32 Å². The zero-order valence-electron chi connectivity index (χ0n) is 11.4. The number of halogens is 3. The highest BCUT2D eigenvalue weighted by Gasteiger charge is 2.17. The van der Waals surface area contributed by atoms with Crippen LogP contribution in [-0.4, -0.2) is 4.98 Å². The largest absolute Gasteiger partial charge is 0.377 e. The van der Waals surface area contributed by atoms with E-state index in [1.165, 1.54) is 0 Å². The van der Waals surface area contributed by atoms with Crippen LogP contribution in [0.15, 0.2) is 17.5 Å². The molecule has 0 radical (unpaired) electrons. The van der Waals surface area contributed by atoms with Crippen LogP contribution in [0, 0.1) is 0 Å². The van der Waals surface area contributed by atoms with Gasteiger partial charge in [0.05, 0.1) is 33.0 Å². The molecule has 0 saturated heterocycles. The molecule has 0 spiro atoms. The van der Waals surface area contributed by atoms with Gasteiger partial charge in [0.25, 0.3) is 0 Å². The summed E-state index contributed by atoms with van der Waals surface area (Å²) in [5.41, 5.74) is 1.92. The van der Waals surface area contributed by atoms with Crippen molar-refractivity contribution < 1.29 is 0 Å². The van der Waals surface area contributed by atoms with Crippen molar-refractivity contribution in [1.82, 2.24) is 4.98 Å². The molecule has 1 aromatic heterocycles. The molecule has 20 heavy (non-hydrogen) atoms. The van der Waals surface area contributed by atoms with E-state index in [-0.39, 0.29) is 5.41 Å². The van der Waals surface area contributed by atoms with E-state index in [1.807, 2.05) is 0 Å². The Kier molecular flexibility index (Phi) is 4.85. The Morgan fingerprint density at radius 3 is 2.35 bits per heavy atom. The second-order valence-corrected chi connectivity index (χ2v) is 7.64. The molecule has 6 heteroatoms. The van der Waals surface area contributed by atoms with Gasteiger partial charge in [0.2, 0.25) is 0 Å². The number of nitrogens with zero attached hydrogens (tertiary/aromatic N) is 1. The molecule has 0 aliphatic heterocycles. The predicted octanol–water partition coefficient (Wildman–Crippen LogP) is 6.01. The third kappa shape index (κ3) is 3.79. The van der Waals surface area contributed by atoms with E-state index in [9.17, 15) is 0 Å². The molecular weight excluding hydrogens is 335 g/mol. The summed E-state index contributed by atoms with van der Waals surface area (Å²) in [6.07, 6.45) is 0. The van der Waals surface area contributed by atoms with Crippen LogP contribution in [0.4, 0.5) is 5.69 Å². The van der Waals surface area contributed by atoms with E-state index in [0.29, 0.717) is 21.6 Å². The van der Waals surface area contributed by atoms with Crippen molar-refractivity contribution in [1.29, 1.82) is 0 Å². The Hall–Kier alpha value is -0.480. The molecule has 2 rings (SSSR count). The van der Waals surface area contributed by atoms with Crippen molar-refractivity contribution in [2.45, 2.75) is 32.7 Å². The number of benzene rings is 1. The molecule has 2 aromatic rings. The molecule has 0 saturated carbocycles. The molecule has 0 bridgehead atoms. The highest BCUT2D eigenvalue weighted by Crippen LogP contribution is 2.32. The fraction of sp³-hybridized carbons (Fsp3) is 0.357. The van der Waals surface area contributed by atoms with Crippen molar-refractivity contribution in [3.63, 3.8) is 0 Å². The van der Waals surface area contributed by atoms with Crippen molar-refractivity contribution in [2.24, 2.45) is 0 Å². The molecule has 0 amide bonds. The Morgan fingerprint density at radius 1 is 1.10 bits per heavy atom. The van der Waals surface area contributed by atoms with Gasteiger partial charge in [0.1, 0.15) is 5.01 Å². The summed E-state index contributed by atoms with van der Waals surface area (Å²) >= 11 is 19.6.